The molecule has 0 bridgehead atoms. The maximum Gasteiger partial charge on any atom is 0.410 e. The number of aromatic nitrogens is 3. The molecule has 0 spiro atoms. The van der Waals surface area contributed by atoms with Gasteiger partial charge in [-0.3, -0.25) is 4.98 Å². The molecular formula is C25H30N4O3. The van der Waals surface area contributed by atoms with Crippen LogP contribution in [0.5, 0.6) is 5.75 Å². The number of benzene rings is 1. The topological polar surface area (TPSA) is 88.4 Å². The molecule has 0 aliphatic carbocycles. The van der Waals surface area contributed by atoms with Gasteiger partial charge in [0.15, 0.2) is 5.65 Å². The molecule has 1 aliphatic heterocycles. The van der Waals surface area contributed by atoms with Crippen LogP contribution in [0, 0.1) is 13.8 Å². The largest absolute Gasteiger partial charge is 0.507 e. The van der Waals surface area contributed by atoms with Gasteiger partial charge in [-0.15, -0.1) is 0 Å². The lowest BCUT2D eigenvalue weighted by atomic mass is 9.95. The molecule has 1 N–H and O–H groups in total. The van der Waals surface area contributed by atoms with E-state index >= 15 is 0 Å². The number of aryl methyl sites for hydroxylation is 2. The van der Waals surface area contributed by atoms with E-state index in [1.807, 2.05) is 52.8 Å². The Kier molecular flexibility index (Phi) is 5.75. The van der Waals surface area contributed by atoms with Crippen molar-refractivity contribution < 1.29 is 14.6 Å². The van der Waals surface area contributed by atoms with Crippen LogP contribution in [-0.2, 0) is 4.74 Å². The molecule has 1 aliphatic rings. The molecular weight excluding hydrogens is 404 g/mol. The third-order valence-electron chi connectivity index (χ3n) is 5.64. The molecule has 7 nitrogen and oxygen atoms in total. The van der Waals surface area contributed by atoms with Crippen LogP contribution in [0.1, 0.15) is 56.4 Å². The quantitative estimate of drug-likeness (QED) is 0.602. The molecule has 3 heterocycles. The molecule has 7 heteroatoms. The number of carbonyl (C=O) groups excluding carboxylic acids is 1. The zero-order valence-electron chi connectivity index (χ0n) is 19.3. The first kappa shape index (κ1) is 22.0. The van der Waals surface area contributed by atoms with Crippen molar-refractivity contribution in [3.05, 3.63) is 47.3 Å². The smallest absolute Gasteiger partial charge is 0.410 e. The third kappa shape index (κ3) is 4.66. The number of ether oxygens (including phenoxy) is 1. The number of hydrogen-bond acceptors (Lipinski definition) is 6. The fourth-order valence-electron chi connectivity index (χ4n) is 4.08. The Morgan fingerprint density at radius 3 is 2.69 bits per heavy atom. The van der Waals surface area contributed by atoms with E-state index in [-0.39, 0.29) is 17.8 Å². The van der Waals surface area contributed by atoms with Crippen LogP contribution in [0.2, 0.25) is 0 Å². The number of pyridine rings is 1. The van der Waals surface area contributed by atoms with E-state index in [0.717, 1.165) is 29.7 Å². The molecule has 1 aromatic carbocycles. The predicted molar refractivity (Wildman–Crippen MR) is 124 cm³/mol. The maximum atomic E-state index is 12.5. The molecule has 1 fully saturated rings. The zero-order chi connectivity index (χ0) is 23.0. The van der Waals surface area contributed by atoms with Crippen LogP contribution in [0.4, 0.5) is 4.79 Å². The van der Waals surface area contributed by atoms with Crippen molar-refractivity contribution in [1.29, 1.82) is 0 Å². The van der Waals surface area contributed by atoms with E-state index in [1.165, 1.54) is 0 Å². The Morgan fingerprint density at radius 1 is 1.19 bits per heavy atom. The summed E-state index contributed by atoms with van der Waals surface area (Å²) in [5.74, 6) is 0.275. The van der Waals surface area contributed by atoms with E-state index in [2.05, 4.69) is 4.98 Å². The first-order chi connectivity index (χ1) is 15.1. The lowest BCUT2D eigenvalue weighted by Crippen LogP contribution is -2.42. The summed E-state index contributed by atoms with van der Waals surface area (Å²) in [6.45, 7) is 10.7. The Balaban J connectivity index is 1.64. The number of fused-ring (bicyclic) bond motifs is 1. The number of carbonyl (C=O) groups is 1. The second-order valence-electron chi connectivity index (χ2n) is 9.58. The molecule has 0 unspecified atom stereocenters. The lowest BCUT2D eigenvalue weighted by molar-refractivity contribution is 0.0197. The minimum Gasteiger partial charge on any atom is -0.507 e. The zero-order valence-corrected chi connectivity index (χ0v) is 19.3. The summed E-state index contributed by atoms with van der Waals surface area (Å²) in [6.07, 6.45) is 3.31. The molecule has 1 saturated heterocycles. The van der Waals surface area contributed by atoms with Crippen molar-refractivity contribution in [1.82, 2.24) is 19.9 Å². The summed E-state index contributed by atoms with van der Waals surface area (Å²) in [5.41, 5.74) is 4.83. The molecule has 168 valence electrons. The summed E-state index contributed by atoms with van der Waals surface area (Å²) >= 11 is 0. The second-order valence-corrected chi connectivity index (χ2v) is 9.58. The average Bonchev–Trinajstić information content (AvgIpc) is 2.72. The molecule has 0 saturated carbocycles. The van der Waals surface area contributed by atoms with Crippen LogP contribution < -0.4 is 0 Å². The summed E-state index contributed by atoms with van der Waals surface area (Å²) in [7, 11) is 0. The fraction of sp³-hybridized carbons (Fsp3) is 0.440. The Hall–Kier alpha value is -3.22. The molecule has 32 heavy (non-hydrogen) atoms. The first-order valence-electron chi connectivity index (χ1n) is 11.0. The average molecular weight is 435 g/mol. The molecule has 2 aromatic heterocycles. The molecule has 1 amide bonds. The Labute approximate surface area is 188 Å². The molecule has 1 atom stereocenters. The number of hydrogen-bond donors (Lipinski definition) is 1. The second kappa shape index (κ2) is 8.37. The predicted octanol–water partition coefficient (Wildman–Crippen LogP) is 5.13. The van der Waals surface area contributed by atoms with E-state index in [4.69, 9.17) is 14.7 Å². The van der Waals surface area contributed by atoms with Gasteiger partial charge >= 0.3 is 6.09 Å². The minimum atomic E-state index is -0.521. The van der Waals surface area contributed by atoms with Crippen molar-refractivity contribution in [3.8, 4) is 17.0 Å². The first-order valence-corrected chi connectivity index (χ1v) is 11.0. The van der Waals surface area contributed by atoms with Gasteiger partial charge in [0.1, 0.15) is 16.9 Å². The standard InChI is InChI=1S/C25H30N4O3/c1-15-8-9-18(21(30)11-15)22-16(2)12-19-23(28-22)27-20(13-26-19)17-7-6-10-29(14-17)24(31)32-25(3,4)5/h8-9,11-13,17,30H,6-7,10,14H2,1-5H3/t17-/m1/s1. The Morgan fingerprint density at radius 2 is 1.97 bits per heavy atom. The van der Waals surface area contributed by atoms with Crippen molar-refractivity contribution in [3.63, 3.8) is 0 Å². The van der Waals surface area contributed by atoms with E-state index < -0.39 is 5.60 Å². The van der Waals surface area contributed by atoms with Gasteiger partial charge in [-0.2, -0.15) is 0 Å². The van der Waals surface area contributed by atoms with E-state index in [1.54, 1.807) is 17.2 Å². The number of aromatic hydroxyl groups is 1. The van der Waals surface area contributed by atoms with Crippen LogP contribution >= 0.6 is 0 Å². The van der Waals surface area contributed by atoms with Crippen LogP contribution in [0.15, 0.2) is 30.5 Å². The lowest BCUT2D eigenvalue weighted by Gasteiger charge is -2.33. The van der Waals surface area contributed by atoms with Gasteiger partial charge in [-0.05, 0) is 76.8 Å². The van der Waals surface area contributed by atoms with Gasteiger partial charge in [0.2, 0.25) is 0 Å². The van der Waals surface area contributed by atoms with Gasteiger partial charge in [-0.25, -0.2) is 14.8 Å². The van der Waals surface area contributed by atoms with E-state index in [9.17, 15) is 9.90 Å². The minimum absolute atomic E-state index is 0.0764. The van der Waals surface area contributed by atoms with Gasteiger partial charge in [0.25, 0.3) is 0 Å². The fourth-order valence-corrected chi connectivity index (χ4v) is 4.08. The highest BCUT2D eigenvalue weighted by Crippen LogP contribution is 2.33. The maximum absolute atomic E-state index is 12.5. The number of phenols is 1. The van der Waals surface area contributed by atoms with Gasteiger partial charge in [0, 0.05) is 30.8 Å². The highest BCUT2D eigenvalue weighted by Gasteiger charge is 2.29. The number of rotatable bonds is 2. The summed E-state index contributed by atoms with van der Waals surface area (Å²) in [5, 5.41) is 10.4. The van der Waals surface area contributed by atoms with Crippen molar-refractivity contribution >= 4 is 17.3 Å². The molecule has 0 radical (unpaired) electrons. The monoisotopic (exact) mass is 434 g/mol. The number of nitrogens with zero attached hydrogens (tertiary/aromatic N) is 4. The highest BCUT2D eigenvalue weighted by molar-refractivity contribution is 5.79. The summed E-state index contributed by atoms with van der Waals surface area (Å²) in [6, 6.07) is 7.51. The van der Waals surface area contributed by atoms with E-state index in [0.29, 0.717) is 35.5 Å². The number of piperidine rings is 1. The SMILES string of the molecule is Cc1ccc(-c2nc3nc([C@@H]4CCCN(C(=O)OC(C)(C)C)C4)cnc3cc2C)c(O)c1. The molecule has 3 aromatic rings. The number of phenolic OH excluding ortho intramolecular Hbond substituents is 1. The van der Waals surface area contributed by atoms with Gasteiger partial charge < -0.3 is 14.7 Å². The van der Waals surface area contributed by atoms with Crippen molar-refractivity contribution in [2.45, 2.75) is 59.0 Å². The van der Waals surface area contributed by atoms with Crippen LogP contribution in [-0.4, -0.2) is 49.7 Å². The van der Waals surface area contributed by atoms with Crippen molar-refractivity contribution in [2.24, 2.45) is 0 Å². The summed E-state index contributed by atoms with van der Waals surface area (Å²) < 4.78 is 5.54. The Bertz CT molecular complexity index is 1170. The third-order valence-corrected chi connectivity index (χ3v) is 5.64. The summed E-state index contributed by atoms with van der Waals surface area (Å²) in [4.78, 5) is 28.4. The van der Waals surface area contributed by atoms with Gasteiger partial charge in [0.05, 0.1) is 11.4 Å². The van der Waals surface area contributed by atoms with Gasteiger partial charge in [-0.1, -0.05) is 6.07 Å². The number of likely N-dealkylation sites (tertiary alicyclic amines) is 1. The van der Waals surface area contributed by atoms with Crippen LogP contribution in [0.3, 0.4) is 0 Å². The van der Waals surface area contributed by atoms with Crippen molar-refractivity contribution in [2.75, 3.05) is 13.1 Å². The molecule has 4 rings (SSSR count). The highest BCUT2D eigenvalue weighted by atomic mass is 16.6. The number of amides is 1. The normalized spacial score (nSPS) is 16.9. The van der Waals surface area contributed by atoms with Crippen LogP contribution in [0.25, 0.3) is 22.4 Å².